The molecule has 0 unspecified atom stereocenters. The van der Waals surface area contributed by atoms with Crippen LogP contribution in [0.25, 0.3) is 0 Å². The van der Waals surface area contributed by atoms with Gasteiger partial charge in [-0.3, -0.25) is 10.1 Å². The van der Waals surface area contributed by atoms with Gasteiger partial charge in [0, 0.05) is 12.6 Å². The van der Waals surface area contributed by atoms with E-state index in [0.29, 0.717) is 36.0 Å². The molecule has 0 radical (unpaired) electrons. The van der Waals surface area contributed by atoms with E-state index in [0.717, 1.165) is 0 Å². The van der Waals surface area contributed by atoms with Gasteiger partial charge in [0.25, 0.3) is 5.91 Å². The van der Waals surface area contributed by atoms with E-state index in [1.54, 1.807) is 30.3 Å². The minimum atomic E-state index is -1.33. The monoisotopic (exact) mass is 400 g/mol. The average molecular weight is 400 g/mol. The van der Waals surface area contributed by atoms with Crippen LogP contribution in [0.2, 0.25) is 0 Å². The van der Waals surface area contributed by atoms with Crippen LogP contribution in [0.15, 0.2) is 42.5 Å². The quantitative estimate of drug-likeness (QED) is 0.736. The fourth-order valence-corrected chi connectivity index (χ4v) is 2.71. The van der Waals surface area contributed by atoms with Crippen LogP contribution in [0.4, 0.5) is 4.79 Å². The molecule has 1 aliphatic rings. The number of hydrogen-bond donors (Lipinski definition) is 2. The first kappa shape index (κ1) is 20.0. The van der Waals surface area contributed by atoms with Crippen LogP contribution in [0.3, 0.4) is 0 Å². The Labute approximate surface area is 166 Å². The zero-order valence-corrected chi connectivity index (χ0v) is 15.9. The number of carbonyl (C=O) groups excluding carboxylic acids is 3. The van der Waals surface area contributed by atoms with Gasteiger partial charge in [-0.15, -0.1) is 0 Å². The molecule has 29 heavy (non-hydrogen) atoms. The highest BCUT2D eigenvalue weighted by atomic mass is 16.6. The van der Waals surface area contributed by atoms with Gasteiger partial charge in [-0.25, -0.2) is 9.59 Å². The molecule has 0 aliphatic carbocycles. The number of esters is 1. The number of hydrogen-bond acceptors (Lipinski definition) is 7. The second-order valence-electron chi connectivity index (χ2n) is 5.97. The molecule has 1 aliphatic heterocycles. The molecular formula is C20H20N2O7. The van der Waals surface area contributed by atoms with Crippen molar-refractivity contribution >= 4 is 17.9 Å². The lowest BCUT2D eigenvalue weighted by Crippen LogP contribution is -2.41. The number of benzene rings is 2. The molecule has 9 nitrogen and oxygen atoms in total. The zero-order valence-electron chi connectivity index (χ0n) is 15.9. The third-order valence-corrected chi connectivity index (χ3v) is 4.09. The van der Waals surface area contributed by atoms with Gasteiger partial charge in [0.1, 0.15) is 13.2 Å². The van der Waals surface area contributed by atoms with Gasteiger partial charge in [0.2, 0.25) is 11.9 Å². The maximum atomic E-state index is 12.8. The lowest BCUT2D eigenvalue weighted by atomic mass is 10.1. The minimum absolute atomic E-state index is 0.111. The summed E-state index contributed by atoms with van der Waals surface area (Å²) in [6.07, 6.45) is -1.33. The predicted octanol–water partition coefficient (Wildman–Crippen LogP) is 1.82. The van der Waals surface area contributed by atoms with E-state index in [1.807, 2.05) is 0 Å². The molecule has 2 aromatic carbocycles. The number of amides is 3. The van der Waals surface area contributed by atoms with Gasteiger partial charge in [-0.2, -0.15) is 0 Å². The Morgan fingerprint density at radius 2 is 1.79 bits per heavy atom. The molecular weight excluding hydrogens is 380 g/mol. The molecule has 152 valence electrons. The third kappa shape index (κ3) is 4.57. The Morgan fingerprint density at radius 3 is 2.48 bits per heavy atom. The van der Waals surface area contributed by atoms with Crippen molar-refractivity contribution in [2.75, 3.05) is 27.4 Å². The van der Waals surface area contributed by atoms with Crippen molar-refractivity contribution in [3.05, 3.63) is 53.6 Å². The van der Waals surface area contributed by atoms with Crippen molar-refractivity contribution in [2.24, 2.45) is 0 Å². The number of fused-ring (bicyclic) bond motifs is 1. The van der Waals surface area contributed by atoms with E-state index < -0.39 is 24.0 Å². The molecule has 1 heterocycles. The Hall–Kier alpha value is -3.75. The number of methoxy groups -OCH3 is 1. The maximum Gasteiger partial charge on any atom is 0.339 e. The van der Waals surface area contributed by atoms with E-state index in [-0.39, 0.29) is 5.56 Å². The Bertz CT molecular complexity index is 897. The Balaban J connectivity index is 1.88. The molecule has 2 N–H and O–H groups in total. The standard InChI is InChI=1S/C20H20N2O7/c1-21-20(25)22-18(23)16(12-6-4-3-5-7-12)29-19(24)13-10-14(26-2)17-15(11-13)27-8-9-28-17/h3-7,10-11,16H,8-9H2,1-2H3,(H2,21,22,23,25)/t16-/m0/s1. The normalized spacial score (nSPS) is 13.0. The largest absolute Gasteiger partial charge is 0.493 e. The molecule has 0 saturated heterocycles. The maximum absolute atomic E-state index is 12.8. The molecule has 0 bridgehead atoms. The molecule has 0 fully saturated rings. The number of imide groups is 1. The van der Waals surface area contributed by atoms with Crippen molar-refractivity contribution in [3.63, 3.8) is 0 Å². The zero-order chi connectivity index (χ0) is 20.8. The van der Waals surface area contributed by atoms with E-state index in [4.69, 9.17) is 18.9 Å². The summed E-state index contributed by atoms with van der Waals surface area (Å²) in [5.74, 6) is -0.532. The molecule has 9 heteroatoms. The van der Waals surface area contributed by atoms with Crippen molar-refractivity contribution in [1.82, 2.24) is 10.6 Å². The van der Waals surface area contributed by atoms with E-state index in [9.17, 15) is 14.4 Å². The number of ether oxygens (including phenoxy) is 4. The fourth-order valence-electron chi connectivity index (χ4n) is 2.71. The minimum Gasteiger partial charge on any atom is -0.493 e. The first-order valence-electron chi connectivity index (χ1n) is 8.79. The lowest BCUT2D eigenvalue weighted by Gasteiger charge is -2.22. The SMILES string of the molecule is CNC(=O)NC(=O)[C@@H](OC(=O)c1cc(OC)c2c(c1)OCCO2)c1ccccc1. The second kappa shape index (κ2) is 8.96. The van der Waals surface area contributed by atoms with Gasteiger partial charge in [0.05, 0.1) is 12.7 Å². The van der Waals surface area contributed by atoms with Crippen LogP contribution in [0.5, 0.6) is 17.2 Å². The van der Waals surface area contributed by atoms with Crippen LogP contribution in [0.1, 0.15) is 22.0 Å². The predicted molar refractivity (Wildman–Crippen MR) is 101 cm³/mol. The van der Waals surface area contributed by atoms with E-state index >= 15 is 0 Å². The van der Waals surface area contributed by atoms with Crippen LogP contribution < -0.4 is 24.8 Å². The number of nitrogens with one attached hydrogen (secondary N) is 2. The molecule has 3 rings (SSSR count). The van der Waals surface area contributed by atoms with Crippen LogP contribution in [-0.2, 0) is 9.53 Å². The number of urea groups is 1. The van der Waals surface area contributed by atoms with Crippen LogP contribution in [0, 0.1) is 0 Å². The van der Waals surface area contributed by atoms with Gasteiger partial charge >= 0.3 is 12.0 Å². The Kier molecular flexibility index (Phi) is 6.18. The summed E-state index contributed by atoms with van der Waals surface area (Å²) in [6, 6.07) is 10.6. The summed E-state index contributed by atoms with van der Waals surface area (Å²) in [4.78, 5) is 36.8. The summed E-state index contributed by atoms with van der Waals surface area (Å²) < 4.78 is 21.7. The highest BCUT2D eigenvalue weighted by Crippen LogP contribution is 2.40. The van der Waals surface area contributed by atoms with Crippen LogP contribution in [-0.4, -0.2) is 45.3 Å². The van der Waals surface area contributed by atoms with E-state index in [2.05, 4.69) is 10.6 Å². The Morgan fingerprint density at radius 1 is 1.07 bits per heavy atom. The van der Waals surface area contributed by atoms with Gasteiger partial charge in [-0.1, -0.05) is 30.3 Å². The molecule has 0 spiro atoms. The fraction of sp³-hybridized carbons (Fsp3) is 0.250. The summed E-state index contributed by atoms with van der Waals surface area (Å²) in [7, 11) is 2.81. The highest BCUT2D eigenvalue weighted by Gasteiger charge is 2.28. The van der Waals surface area contributed by atoms with Gasteiger partial charge in [0.15, 0.2) is 11.5 Å². The summed E-state index contributed by atoms with van der Waals surface area (Å²) in [5, 5.41) is 4.40. The van der Waals surface area contributed by atoms with Crippen molar-refractivity contribution in [2.45, 2.75) is 6.10 Å². The molecule has 0 saturated carbocycles. The molecule has 1 atom stereocenters. The van der Waals surface area contributed by atoms with Crippen molar-refractivity contribution in [3.8, 4) is 17.2 Å². The van der Waals surface area contributed by atoms with Gasteiger partial charge < -0.3 is 24.3 Å². The van der Waals surface area contributed by atoms with Crippen LogP contribution >= 0.6 is 0 Å². The van der Waals surface area contributed by atoms with E-state index in [1.165, 1.54) is 26.3 Å². The lowest BCUT2D eigenvalue weighted by molar-refractivity contribution is -0.129. The average Bonchev–Trinajstić information content (AvgIpc) is 2.76. The van der Waals surface area contributed by atoms with Crippen molar-refractivity contribution < 1.29 is 33.3 Å². The highest BCUT2D eigenvalue weighted by molar-refractivity contribution is 5.99. The third-order valence-electron chi connectivity index (χ3n) is 4.09. The van der Waals surface area contributed by atoms with Crippen molar-refractivity contribution in [1.29, 1.82) is 0 Å². The first-order chi connectivity index (χ1) is 14.0. The summed E-state index contributed by atoms with van der Waals surface area (Å²) >= 11 is 0. The molecule has 3 amide bonds. The summed E-state index contributed by atoms with van der Waals surface area (Å²) in [6.45, 7) is 0.693. The first-order valence-corrected chi connectivity index (χ1v) is 8.79. The molecule has 2 aromatic rings. The second-order valence-corrected chi connectivity index (χ2v) is 5.97. The number of carbonyl (C=O) groups is 3. The smallest absolute Gasteiger partial charge is 0.339 e. The summed E-state index contributed by atoms with van der Waals surface area (Å²) in [5.41, 5.74) is 0.520. The van der Waals surface area contributed by atoms with Gasteiger partial charge in [-0.05, 0) is 12.1 Å². The number of rotatable bonds is 5. The molecule has 0 aromatic heterocycles. The topological polar surface area (TPSA) is 112 Å².